The molecule has 0 bridgehead atoms. The molecule has 4 rings (SSSR count). The van der Waals surface area contributed by atoms with Crippen LogP contribution in [0.2, 0.25) is 0 Å². The van der Waals surface area contributed by atoms with Crippen molar-refractivity contribution in [3.8, 4) is 0 Å². The molecule has 4 aliphatic carbocycles. The number of carbonyl (C=O) groups excluding carboxylic acids is 2. The summed E-state index contributed by atoms with van der Waals surface area (Å²) >= 11 is 0. The van der Waals surface area contributed by atoms with Gasteiger partial charge in [-0.05, 0) is 81.0 Å². The first-order valence-electron chi connectivity index (χ1n) is 10.4. The standard InChI is InChI=1S/C22H34O3/c1-14(23)25-22(4)12-9-19-17-6-5-15-13-16(24)7-10-20(15,2)18(17)8-11-21(19,22)3/h15,17-19H,5-13H2,1-4H3/t15-,17+,18+,19-,20-,21-,22-/m0/s1. The number of fused-ring (bicyclic) bond motifs is 5. The van der Waals surface area contributed by atoms with E-state index in [1.807, 2.05) is 0 Å². The Labute approximate surface area is 152 Å². The Hall–Kier alpha value is -0.860. The van der Waals surface area contributed by atoms with E-state index in [1.54, 1.807) is 6.92 Å². The Balaban J connectivity index is 1.62. The molecule has 0 aromatic rings. The van der Waals surface area contributed by atoms with Crippen molar-refractivity contribution in [3.05, 3.63) is 0 Å². The van der Waals surface area contributed by atoms with Crippen molar-refractivity contribution in [2.45, 2.75) is 91.1 Å². The first-order chi connectivity index (χ1) is 11.7. The van der Waals surface area contributed by atoms with Crippen molar-refractivity contribution in [3.63, 3.8) is 0 Å². The molecular formula is C22H34O3. The van der Waals surface area contributed by atoms with Crippen LogP contribution in [0, 0.1) is 34.5 Å². The molecule has 0 heterocycles. The monoisotopic (exact) mass is 346 g/mol. The number of hydrogen-bond donors (Lipinski definition) is 0. The molecule has 0 N–H and O–H groups in total. The molecule has 25 heavy (non-hydrogen) atoms. The zero-order valence-electron chi connectivity index (χ0n) is 16.4. The average molecular weight is 347 g/mol. The average Bonchev–Trinajstić information content (AvgIpc) is 2.79. The van der Waals surface area contributed by atoms with Crippen LogP contribution in [-0.2, 0) is 14.3 Å². The number of rotatable bonds is 1. The van der Waals surface area contributed by atoms with Crippen LogP contribution in [0.5, 0.6) is 0 Å². The van der Waals surface area contributed by atoms with Gasteiger partial charge < -0.3 is 4.74 Å². The molecule has 3 heteroatoms. The van der Waals surface area contributed by atoms with Crippen molar-refractivity contribution >= 4 is 11.8 Å². The third-order valence-electron chi connectivity index (χ3n) is 9.38. The topological polar surface area (TPSA) is 43.4 Å². The minimum atomic E-state index is -0.297. The normalized spacial score (nSPS) is 52.1. The second kappa shape index (κ2) is 5.57. The molecule has 0 aromatic carbocycles. The van der Waals surface area contributed by atoms with Crippen LogP contribution >= 0.6 is 0 Å². The zero-order chi connectivity index (χ0) is 18.0. The summed E-state index contributed by atoms with van der Waals surface area (Å²) < 4.78 is 5.91. The van der Waals surface area contributed by atoms with Gasteiger partial charge in [0.15, 0.2) is 0 Å². The van der Waals surface area contributed by atoms with E-state index in [9.17, 15) is 9.59 Å². The van der Waals surface area contributed by atoms with Gasteiger partial charge in [-0.1, -0.05) is 13.8 Å². The SMILES string of the molecule is CC(=O)O[C@@]1(C)CC[C@H]2[C@@H]3CC[C@H]4CC(=O)CC[C@]4(C)[C@@H]3CC[C@@]21C. The first kappa shape index (κ1) is 17.5. The minimum absolute atomic E-state index is 0.119. The van der Waals surface area contributed by atoms with Gasteiger partial charge in [-0.15, -0.1) is 0 Å². The van der Waals surface area contributed by atoms with E-state index in [0.29, 0.717) is 23.0 Å². The minimum Gasteiger partial charge on any atom is -0.459 e. The lowest BCUT2D eigenvalue weighted by Gasteiger charge is -2.61. The van der Waals surface area contributed by atoms with Crippen molar-refractivity contribution in [2.75, 3.05) is 0 Å². The van der Waals surface area contributed by atoms with Gasteiger partial charge in [0.1, 0.15) is 11.4 Å². The van der Waals surface area contributed by atoms with E-state index in [0.717, 1.165) is 37.5 Å². The molecule has 0 spiro atoms. The quantitative estimate of drug-likeness (QED) is 0.633. The second-order valence-electron chi connectivity index (χ2n) is 10.2. The van der Waals surface area contributed by atoms with E-state index >= 15 is 0 Å². The highest BCUT2D eigenvalue weighted by Gasteiger charge is 2.64. The van der Waals surface area contributed by atoms with E-state index in [-0.39, 0.29) is 17.0 Å². The number of ketones is 1. The molecule has 0 aliphatic heterocycles. The summed E-state index contributed by atoms with van der Waals surface area (Å²) in [6.45, 7) is 8.62. The van der Waals surface area contributed by atoms with Crippen molar-refractivity contribution in [1.29, 1.82) is 0 Å². The fraction of sp³-hybridized carbons (Fsp3) is 0.909. The lowest BCUT2D eigenvalue weighted by molar-refractivity contribution is -0.183. The summed E-state index contributed by atoms with van der Waals surface area (Å²) in [5.41, 5.74) is 0.181. The zero-order valence-corrected chi connectivity index (χ0v) is 16.4. The lowest BCUT2D eigenvalue weighted by atomic mass is 9.44. The smallest absolute Gasteiger partial charge is 0.303 e. The Morgan fingerprint density at radius 2 is 1.72 bits per heavy atom. The molecule has 4 fully saturated rings. The molecule has 3 nitrogen and oxygen atoms in total. The fourth-order valence-electron chi connectivity index (χ4n) is 7.76. The molecule has 140 valence electrons. The summed E-state index contributed by atoms with van der Waals surface area (Å²) in [6.07, 6.45) is 9.83. The van der Waals surface area contributed by atoms with Crippen LogP contribution in [-0.4, -0.2) is 17.4 Å². The highest BCUT2D eigenvalue weighted by molar-refractivity contribution is 5.79. The largest absolute Gasteiger partial charge is 0.459 e. The van der Waals surface area contributed by atoms with Gasteiger partial charge in [-0.2, -0.15) is 0 Å². The van der Waals surface area contributed by atoms with Crippen LogP contribution in [0.25, 0.3) is 0 Å². The summed E-state index contributed by atoms with van der Waals surface area (Å²) in [5, 5.41) is 0. The number of ether oxygens (including phenoxy) is 1. The summed E-state index contributed by atoms with van der Waals surface area (Å²) in [6, 6.07) is 0. The Kier molecular flexibility index (Phi) is 3.91. The van der Waals surface area contributed by atoms with Gasteiger partial charge in [0.2, 0.25) is 0 Å². The van der Waals surface area contributed by atoms with Crippen LogP contribution < -0.4 is 0 Å². The van der Waals surface area contributed by atoms with E-state index < -0.39 is 0 Å². The Morgan fingerprint density at radius 1 is 1.00 bits per heavy atom. The number of carbonyl (C=O) groups is 2. The molecular weight excluding hydrogens is 312 g/mol. The van der Waals surface area contributed by atoms with Crippen LogP contribution in [0.15, 0.2) is 0 Å². The molecule has 0 unspecified atom stereocenters. The van der Waals surface area contributed by atoms with Gasteiger partial charge in [0, 0.05) is 25.2 Å². The van der Waals surface area contributed by atoms with Gasteiger partial charge in [0.05, 0.1) is 0 Å². The molecule has 4 aliphatic rings. The van der Waals surface area contributed by atoms with E-state index in [2.05, 4.69) is 20.8 Å². The van der Waals surface area contributed by atoms with Gasteiger partial charge >= 0.3 is 5.97 Å². The van der Waals surface area contributed by atoms with Crippen molar-refractivity contribution in [1.82, 2.24) is 0 Å². The highest BCUT2D eigenvalue weighted by Crippen LogP contribution is 2.68. The van der Waals surface area contributed by atoms with E-state index in [1.165, 1.54) is 32.1 Å². The predicted octanol–water partition coefficient (Wildman–Crippen LogP) is 4.92. The Morgan fingerprint density at radius 3 is 2.44 bits per heavy atom. The van der Waals surface area contributed by atoms with Gasteiger partial charge in [0.25, 0.3) is 0 Å². The predicted molar refractivity (Wildman–Crippen MR) is 96.9 cm³/mol. The maximum Gasteiger partial charge on any atom is 0.303 e. The fourth-order valence-corrected chi connectivity index (χ4v) is 7.76. The number of hydrogen-bond acceptors (Lipinski definition) is 3. The van der Waals surface area contributed by atoms with Crippen LogP contribution in [0.1, 0.15) is 85.5 Å². The molecule has 0 saturated heterocycles. The lowest BCUT2D eigenvalue weighted by Crippen LogP contribution is -2.56. The van der Waals surface area contributed by atoms with Crippen LogP contribution in [0.3, 0.4) is 0 Å². The van der Waals surface area contributed by atoms with Crippen molar-refractivity contribution < 1.29 is 14.3 Å². The van der Waals surface area contributed by atoms with Gasteiger partial charge in [-0.3, -0.25) is 9.59 Å². The van der Waals surface area contributed by atoms with Crippen LogP contribution in [0.4, 0.5) is 0 Å². The number of esters is 1. The maximum atomic E-state index is 12.0. The molecule has 0 amide bonds. The second-order valence-corrected chi connectivity index (χ2v) is 10.2. The molecule has 4 saturated carbocycles. The van der Waals surface area contributed by atoms with E-state index in [4.69, 9.17) is 4.74 Å². The maximum absolute atomic E-state index is 12.0. The Bertz CT molecular complexity index is 598. The third-order valence-corrected chi connectivity index (χ3v) is 9.38. The number of Topliss-reactive ketones (excluding diaryl/α,β-unsaturated/α-hetero) is 1. The molecule has 7 atom stereocenters. The summed E-state index contributed by atoms with van der Waals surface area (Å²) in [5.74, 6) is 3.16. The van der Waals surface area contributed by atoms with Gasteiger partial charge in [-0.25, -0.2) is 0 Å². The molecule has 0 aromatic heterocycles. The van der Waals surface area contributed by atoms with Crippen molar-refractivity contribution in [2.24, 2.45) is 34.5 Å². The molecule has 0 radical (unpaired) electrons. The highest BCUT2D eigenvalue weighted by atomic mass is 16.6. The first-order valence-corrected chi connectivity index (χ1v) is 10.4. The summed E-state index contributed by atoms with van der Waals surface area (Å²) in [7, 11) is 0. The third kappa shape index (κ3) is 2.36. The summed E-state index contributed by atoms with van der Waals surface area (Å²) in [4.78, 5) is 23.7.